The standard InChI is InChI=1S/C21H27N5O3S/c1-14-9-11-25(12-10-14)20-23-24-21(26(20)15-7-8-15)30-13-18(27)22-17-6-4-3-5-16(17)19(28)29-2/h3-6,14-15H,7-13H2,1-2H3,(H,22,27). The molecule has 9 heteroatoms. The van der Waals surface area contributed by atoms with Crippen molar-refractivity contribution in [2.45, 2.75) is 43.8 Å². The van der Waals surface area contributed by atoms with Crippen LogP contribution in [0, 0.1) is 5.92 Å². The van der Waals surface area contributed by atoms with E-state index >= 15 is 0 Å². The highest BCUT2D eigenvalue weighted by Gasteiger charge is 2.32. The number of nitrogens with one attached hydrogen (secondary N) is 1. The summed E-state index contributed by atoms with van der Waals surface area (Å²) in [5.41, 5.74) is 0.780. The predicted octanol–water partition coefficient (Wildman–Crippen LogP) is 3.37. The van der Waals surface area contributed by atoms with E-state index in [9.17, 15) is 9.59 Å². The smallest absolute Gasteiger partial charge is 0.339 e. The minimum atomic E-state index is -0.479. The SMILES string of the molecule is COC(=O)c1ccccc1NC(=O)CSc1nnc(N2CCC(C)CC2)n1C1CC1. The number of anilines is 2. The lowest BCUT2D eigenvalue weighted by atomic mass is 10.00. The number of piperidine rings is 1. The fourth-order valence-electron chi connectivity index (χ4n) is 3.64. The second-order valence-electron chi connectivity index (χ2n) is 7.93. The number of hydrogen-bond donors (Lipinski definition) is 1. The first-order chi connectivity index (χ1) is 14.6. The lowest BCUT2D eigenvalue weighted by Gasteiger charge is -2.31. The molecular weight excluding hydrogens is 402 g/mol. The summed E-state index contributed by atoms with van der Waals surface area (Å²) in [6, 6.07) is 7.25. The Bertz CT molecular complexity index is 919. The van der Waals surface area contributed by atoms with Crippen LogP contribution in [-0.4, -0.2) is 52.6 Å². The molecule has 1 N–H and O–H groups in total. The summed E-state index contributed by atoms with van der Waals surface area (Å²) < 4.78 is 6.99. The van der Waals surface area contributed by atoms with Crippen LogP contribution in [0.2, 0.25) is 0 Å². The van der Waals surface area contributed by atoms with Crippen LogP contribution in [-0.2, 0) is 9.53 Å². The molecule has 1 saturated heterocycles. The van der Waals surface area contributed by atoms with Crippen LogP contribution in [0.15, 0.2) is 29.4 Å². The number of benzene rings is 1. The molecule has 4 rings (SSSR count). The molecule has 1 aromatic heterocycles. The van der Waals surface area contributed by atoms with E-state index < -0.39 is 5.97 Å². The number of ether oxygens (including phenoxy) is 1. The Hall–Kier alpha value is -2.55. The van der Waals surface area contributed by atoms with Crippen molar-refractivity contribution in [3.63, 3.8) is 0 Å². The van der Waals surface area contributed by atoms with Crippen molar-refractivity contribution < 1.29 is 14.3 Å². The zero-order chi connectivity index (χ0) is 21.1. The summed E-state index contributed by atoms with van der Waals surface area (Å²) >= 11 is 1.38. The minimum absolute atomic E-state index is 0.192. The van der Waals surface area contributed by atoms with E-state index in [1.165, 1.54) is 31.7 Å². The number of methoxy groups -OCH3 is 1. The first-order valence-electron chi connectivity index (χ1n) is 10.4. The van der Waals surface area contributed by atoms with Crippen molar-refractivity contribution in [1.29, 1.82) is 0 Å². The highest BCUT2D eigenvalue weighted by atomic mass is 32.2. The third kappa shape index (κ3) is 4.61. The maximum atomic E-state index is 12.5. The number of carbonyl (C=O) groups is 2. The third-order valence-electron chi connectivity index (χ3n) is 5.56. The number of para-hydroxylation sites is 1. The summed E-state index contributed by atoms with van der Waals surface area (Å²) in [5, 5.41) is 12.4. The fraction of sp³-hybridized carbons (Fsp3) is 0.524. The first-order valence-corrected chi connectivity index (χ1v) is 11.3. The van der Waals surface area contributed by atoms with Gasteiger partial charge in [0.15, 0.2) is 5.16 Å². The van der Waals surface area contributed by atoms with Gasteiger partial charge in [0.2, 0.25) is 11.9 Å². The molecule has 2 fully saturated rings. The van der Waals surface area contributed by atoms with E-state index in [-0.39, 0.29) is 11.7 Å². The largest absolute Gasteiger partial charge is 0.465 e. The van der Waals surface area contributed by atoms with Crippen LogP contribution in [0.4, 0.5) is 11.6 Å². The summed E-state index contributed by atoms with van der Waals surface area (Å²) in [6.07, 6.45) is 4.59. The Morgan fingerprint density at radius 2 is 1.90 bits per heavy atom. The normalized spacial score (nSPS) is 17.1. The predicted molar refractivity (Wildman–Crippen MR) is 116 cm³/mol. The van der Waals surface area contributed by atoms with Crippen molar-refractivity contribution in [2.24, 2.45) is 5.92 Å². The van der Waals surface area contributed by atoms with E-state index in [2.05, 4.69) is 31.9 Å². The summed E-state index contributed by atoms with van der Waals surface area (Å²) in [4.78, 5) is 26.7. The van der Waals surface area contributed by atoms with Gasteiger partial charge in [-0.2, -0.15) is 0 Å². The molecule has 8 nitrogen and oxygen atoms in total. The Balaban J connectivity index is 1.42. The maximum absolute atomic E-state index is 12.5. The number of nitrogens with zero attached hydrogens (tertiary/aromatic N) is 4. The lowest BCUT2D eigenvalue weighted by Crippen LogP contribution is -2.34. The molecule has 0 spiro atoms. The van der Waals surface area contributed by atoms with Gasteiger partial charge >= 0.3 is 5.97 Å². The molecule has 0 atom stereocenters. The number of aromatic nitrogens is 3. The third-order valence-corrected chi connectivity index (χ3v) is 6.51. The van der Waals surface area contributed by atoms with Gasteiger partial charge in [0.05, 0.1) is 24.1 Å². The van der Waals surface area contributed by atoms with Crippen molar-refractivity contribution in [3.05, 3.63) is 29.8 Å². The quantitative estimate of drug-likeness (QED) is 0.533. The Morgan fingerprint density at radius 1 is 1.17 bits per heavy atom. The first kappa shape index (κ1) is 20.7. The van der Waals surface area contributed by atoms with Crippen molar-refractivity contribution in [2.75, 3.05) is 36.2 Å². The van der Waals surface area contributed by atoms with Crippen molar-refractivity contribution in [1.82, 2.24) is 14.8 Å². The zero-order valence-corrected chi connectivity index (χ0v) is 18.2. The molecular formula is C21H27N5O3S. The average Bonchev–Trinajstić information content (AvgIpc) is 3.51. The van der Waals surface area contributed by atoms with Gasteiger partial charge in [-0.3, -0.25) is 9.36 Å². The number of thioether (sulfide) groups is 1. The number of amides is 1. The summed E-state index contributed by atoms with van der Waals surface area (Å²) in [7, 11) is 1.32. The lowest BCUT2D eigenvalue weighted by molar-refractivity contribution is -0.113. The van der Waals surface area contributed by atoms with E-state index in [0.29, 0.717) is 17.3 Å². The molecule has 0 bridgehead atoms. The second kappa shape index (κ2) is 9.07. The van der Waals surface area contributed by atoms with Crippen LogP contribution in [0.3, 0.4) is 0 Å². The van der Waals surface area contributed by atoms with Gasteiger partial charge in [0, 0.05) is 19.1 Å². The van der Waals surface area contributed by atoms with E-state index in [1.54, 1.807) is 24.3 Å². The van der Waals surface area contributed by atoms with E-state index in [1.807, 2.05) is 0 Å². The summed E-state index contributed by atoms with van der Waals surface area (Å²) in [6.45, 7) is 4.30. The molecule has 1 aromatic carbocycles. The number of esters is 1. The van der Waals surface area contributed by atoms with Gasteiger partial charge in [-0.05, 0) is 43.7 Å². The fourth-order valence-corrected chi connectivity index (χ4v) is 4.44. The van der Waals surface area contributed by atoms with Gasteiger partial charge in [0.25, 0.3) is 0 Å². The Labute approximate surface area is 180 Å². The summed E-state index contributed by atoms with van der Waals surface area (Å²) in [5.74, 6) is 1.20. The topological polar surface area (TPSA) is 89.3 Å². The zero-order valence-electron chi connectivity index (χ0n) is 17.3. The molecule has 1 aliphatic carbocycles. The molecule has 2 heterocycles. The molecule has 1 amide bonds. The van der Waals surface area contributed by atoms with E-state index in [4.69, 9.17) is 4.74 Å². The molecule has 0 radical (unpaired) electrons. The van der Waals surface area contributed by atoms with Crippen molar-refractivity contribution >= 4 is 35.3 Å². The molecule has 1 saturated carbocycles. The molecule has 2 aliphatic rings. The highest BCUT2D eigenvalue weighted by molar-refractivity contribution is 7.99. The monoisotopic (exact) mass is 429 g/mol. The molecule has 160 valence electrons. The van der Waals surface area contributed by atoms with Gasteiger partial charge in [-0.1, -0.05) is 30.8 Å². The van der Waals surface area contributed by atoms with Gasteiger partial charge in [-0.15, -0.1) is 10.2 Å². The van der Waals surface area contributed by atoms with Crippen LogP contribution in [0.1, 0.15) is 49.0 Å². The van der Waals surface area contributed by atoms with Crippen LogP contribution < -0.4 is 10.2 Å². The van der Waals surface area contributed by atoms with Crippen LogP contribution in [0.5, 0.6) is 0 Å². The molecule has 30 heavy (non-hydrogen) atoms. The maximum Gasteiger partial charge on any atom is 0.339 e. The van der Waals surface area contributed by atoms with Crippen molar-refractivity contribution in [3.8, 4) is 0 Å². The van der Waals surface area contributed by atoms with Crippen LogP contribution >= 0.6 is 11.8 Å². The Kier molecular flexibility index (Phi) is 6.26. The molecule has 2 aromatic rings. The van der Waals surface area contributed by atoms with Gasteiger partial charge in [-0.25, -0.2) is 4.79 Å². The average molecular weight is 430 g/mol. The highest BCUT2D eigenvalue weighted by Crippen LogP contribution is 2.41. The number of carbonyl (C=O) groups excluding carboxylic acids is 2. The number of rotatable bonds is 7. The van der Waals surface area contributed by atoms with Gasteiger partial charge < -0.3 is 15.0 Å². The Morgan fingerprint density at radius 3 is 2.60 bits per heavy atom. The number of hydrogen-bond acceptors (Lipinski definition) is 7. The molecule has 0 unspecified atom stereocenters. The van der Waals surface area contributed by atoms with Crippen LogP contribution in [0.25, 0.3) is 0 Å². The minimum Gasteiger partial charge on any atom is -0.465 e. The molecule has 1 aliphatic heterocycles. The second-order valence-corrected chi connectivity index (χ2v) is 8.87. The van der Waals surface area contributed by atoms with E-state index in [0.717, 1.165) is 43.0 Å². The van der Waals surface area contributed by atoms with Gasteiger partial charge in [0.1, 0.15) is 0 Å².